The molecule has 1 aromatic carbocycles. The van der Waals surface area contributed by atoms with E-state index in [0.717, 1.165) is 0 Å². The summed E-state index contributed by atoms with van der Waals surface area (Å²) in [4.78, 5) is 22.7. The van der Waals surface area contributed by atoms with E-state index in [9.17, 15) is 14.0 Å². The van der Waals surface area contributed by atoms with Crippen LogP contribution in [0.15, 0.2) is 41.3 Å². The van der Waals surface area contributed by atoms with Gasteiger partial charge >= 0.3 is 5.97 Å². The molecule has 0 aliphatic heterocycles. The van der Waals surface area contributed by atoms with Crippen LogP contribution in [0.2, 0.25) is 5.02 Å². The summed E-state index contributed by atoms with van der Waals surface area (Å²) in [5.41, 5.74) is -0.586. The lowest BCUT2D eigenvalue weighted by Gasteiger charge is -2.08. The Morgan fingerprint density at radius 2 is 2.11 bits per heavy atom. The molecule has 6 heteroatoms. The summed E-state index contributed by atoms with van der Waals surface area (Å²) in [5, 5.41) is 9.17. The molecule has 0 radical (unpaired) electrons. The Hall–Kier alpha value is -2.14. The van der Waals surface area contributed by atoms with Gasteiger partial charge in [0, 0.05) is 11.2 Å². The lowest BCUT2D eigenvalue weighted by Crippen LogP contribution is -2.26. The summed E-state index contributed by atoms with van der Waals surface area (Å²) in [7, 11) is 0. The monoisotopic (exact) mass is 281 g/mol. The number of halogens is 2. The van der Waals surface area contributed by atoms with Crippen molar-refractivity contribution < 1.29 is 14.3 Å². The van der Waals surface area contributed by atoms with Crippen LogP contribution in [0.25, 0.3) is 0 Å². The summed E-state index contributed by atoms with van der Waals surface area (Å²) in [6.07, 6.45) is 1.43. The van der Waals surface area contributed by atoms with Crippen LogP contribution < -0.4 is 5.56 Å². The van der Waals surface area contributed by atoms with Crippen molar-refractivity contribution in [3.05, 3.63) is 68.8 Å². The number of benzene rings is 1. The molecule has 0 fully saturated rings. The normalized spacial score (nSPS) is 10.4. The molecule has 0 saturated carbocycles. The van der Waals surface area contributed by atoms with Crippen molar-refractivity contribution in [1.82, 2.24) is 4.57 Å². The Kier molecular flexibility index (Phi) is 3.66. The Bertz CT molecular complexity index is 697. The number of carboxylic acid groups (broad SMARTS) is 1. The molecule has 0 saturated heterocycles. The van der Waals surface area contributed by atoms with E-state index >= 15 is 0 Å². The summed E-state index contributed by atoms with van der Waals surface area (Å²) in [6, 6.07) is 6.47. The first kappa shape index (κ1) is 13.3. The van der Waals surface area contributed by atoms with Crippen LogP contribution in [-0.4, -0.2) is 15.6 Å². The van der Waals surface area contributed by atoms with Crippen molar-refractivity contribution in [2.75, 3.05) is 0 Å². The van der Waals surface area contributed by atoms with E-state index in [4.69, 9.17) is 16.7 Å². The average molecular weight is 282 g/mol. The molecule has 0 aliphatic rings. The van der Waals surface area contributed by atoms with Crippen molar-refractivity contribution in [1.29, 1.82) is 0 Å². The van der Waals surface area contributed by atoms with E-state index in [0.29, 0.717) is 10.6 Å². The van der Waals surface area contributed by atoms with E-state index in [1.165, 1.54) is 41.1 Å². The number of hydrogen-bond donors (Lipinski definition) is 1. The number of carbonyl (C=O) groups is 1. The van der Waals surface area contributed by atoms with Crippen molar-refractivity contribution in [2.24, 2.45) is 0 Å². The zero-order valence-corrected chi connectivity index (χ0v) is 10.4. The fourth-order valence-electron chi connectivity index (χ4n) is 1.67. The minimum Gasteiger partial charge on any atom is -0.477 e. The predicted molar refractivity (Wildman–Crippen MR) is 68.2 cm³/mol. The lowest BCUT2D eigenvalue weighted by atomic mass is 10.2. The third-order valence-corrected chi connectivity index (χ3v) is 2.97. The summed E-state index contributed by atoms with van der Waals surface area (Å²) in [5.74, 6) is -1.77. The Morgan fingerprint density at radius 3 is 2.79 bits per heavy atom. The SMILES string of the molecule is O=C(O)c1cccn(Cc2cc(F)ccc2Cl)c1=O. The second-order valence-corrected chi connectivity index (χ2v) is 4.30. The van der Waals surface area contributed by atoms with Gasteiger partial charge in [-0.3, -0.25) is 4.79 Å². The number of aromatic carboxylic acids is 1. The number of pyridine rings is 1. The molecule has 2 rings (SSSR count). The molecule has 0 bridgehead atoms. The van der Waals surface area contributed by atoms with Gasteiger partial charge in [0.15, 0.2) is 0 Å². The number of aromatic nitrogens is 1. The van der Waals surface area contributed by atoms with Gasteiger partial charge in [-0.1, -0.05) is 11.6 Å². The quantitative estimate of drug-likeness (QED) is 0.940. The average Bonchev–Trinajstić information content (AvgIpc) is 2.36. The topological polar surface area (TPSA) is 59.3 Å². The lowest BCUT2D eigenvalue weighted by molar-refractivity contribution is 0.0694. The third-order valence-electron chi connectivity index (χ3n) is 2.60. The van der Waals surface area contributed by atoms with Gasteiger partial charge in [0.1, 0.15) is 11.4 Å². The smallest absolute Gasteiger partial charge is 0.341 e. The Labute approximate surface area is 112 Å². The Morgan fingerprint density at radius 1 is 1.37 bits per heavy atom. The molecule has 1 heterocycles. The van der Waals surface area contributed by atoms with Crippen LogP contribution in [0.4, 0.5) is 4.39 Å². The van der Waals surface area contributed by atoms with Crippen LogP contribution in [-0.2, 0) is 6.54 Å². The third kappa shape index (κ3) is 2.82. The van der Waals surface area contributed by atoms with Gasteiger partial charge < -0.3 is 9.67 Å². The highest BCUT2D eigenvalue weighted by atomic mass is 35.5. The minimum atomic E-state index is -1.30. The zero-order chi connectivity index (χ0) is 14.0. The van der Waals surface area contributed by atoms with Gasteiger partial charge in [0.25, 0.3) is 5.56 Å². The van der Waals surface area contributed by atoms with E-state index in [2.05, 4.69) is 0 Å². The first-order valence-corrected chi connectivity index (χ1v) is 5.73. The van der Waals surface area contributed by atoms with Gasteiger partial charge in [-0.25, -0.2) is 9.18 Å². The second-order valence-electron chi connectivity index (χ2n) is 3.90. The molecule has 0 unspecified atom stereocenters. The maximum atomic E-state index is 13.1. The predicted octanol–water partition coefficient (Wildman–Crippen LogP) is 2.39. The molecular weight excluding hydrogens is 273 g/mol. The van der Waals surface area contributed by atoms with Crippen LogP contribution in [0.3, 0.4) is 0 Å². The maximum absolute atomic E-state index is 13.1. The first-order chi connectivity index (χ1) is 8.99. The molecule has 0 atom stereocenters. The maximum Gasteiger partial charge on any atom is 0.341 e. The molecule has 2 aromatic rings. The van der Waals surface area contributed by atoms with Crippen molar-refractivity contribution in [3.8, 4) is 0 Å². The molecule has 4 nitrogen and oxygen atoms in total. The van der Waals surface area contributed by atoms with Crippen molar-refractivity contribution >= 4 is 17.6 Å². The molecule has 98 valence electrons. The number of rotatable bonds is 3. The fourth-order valence-corrected chi connectivity index (χ4v) is 1.85. The van der Waals surface area contributed by atoms with Gasteiger partial charge in [0.05, 0.1) is 6.54 Å². The fraction of sp³-hybridized carbons (Fsp3) is 0.0769. The Balaban J connectivity index is 2.44. The molecule has 1 N–H and O–H groups in total. The van der Waals surface area contributed by atoms with Crippen LogP contribution in [0, 0.1) is 5.82 Å². The van der Waals surface area contributed by atoms with E-state index in [-0.39, 0.29) is 12.1 Å². The summed E-state index contributed by atoms with van der Waals surface area (Å²) in [6.45, 7) is 0.0105. The van der Waals surface area contributed by atoms with E-state index < -0.39 is 17.3 Å². The number of nitrogens with zero attached hydrogens (tertiary/aromatic N) is 1. The standard InChI is InChI=1S/C13H9ClFNO3/c14-11-4-3-9(15)6-8(11)7-16-5-1-2-10(12(16)17)13(18)19/h1-6H,7H2,(H,18,19). The molecule has 0 amide bonds. The highest BCUT2D eigenvalue weighted by molar-refractivity contribution is 6.31. The van der Waals surface area contributed by atoms with Crippen molar-refractivity contribution in [2.45, 2.75) is 6.54 Å². The van der Waals surface area contributed by atoms with Crippen molar-refractivity contribution in [3.63, 3.8) is 0 Å². The van der Waals surface area contributed by atoms with E-state index in [1.807, 2.05) is 0 Å². The van der Waals surface area contributed by atoms with Gasteiger partial charge in [-0.05, 0) is 35.9 Å². The van der Waals surface area contributed by atoms with Gasteiger partial charge in [-0.2, -0.15) is 0 Å². The highest BCUT2D eigenvalue weighted by Crippen LogP contribution is 2.17. The first-order valence-electron chi connectivity index (χ1n) is 5.35. The van der Waals surface area contributed by atoms with Gasteiger partial charge in [-0.15, -0.1) is 0 Å². The summed E-state index contributed by atoms with van der Waals surface area (Å²) >= 11 is 5.90. The highest BCUT2D eigenvalue weighted by Gasteiger charge is 2.11. The largest absolute Gasteiger partial charge is 0.477 e. The zero-order valence-electron chi connectivity index (χ0n) is 9.64. The molecule has 19 heavy (non-hydrogen) atoms. The minimum absolute atomic E-state index is 0.0105. The number of hydrogen-bond acceptors (Lipinski definition) is 2. The number of carboxylic acids is 1. The van der Waals surface area contributed by atoms with Crippen LogP contribution in [0.5, 0.6) is 0 Å². The second kappa shape index (κ2) is 5.24. The molecular formula is C13H9ClFNO3. The van der Waals surface area contributed by atoms with E-state index in [1.54, 1.807) is 0 Å². The molecule has 1 aromatic heterocycles. The molecule has 0 aliphatic carbocycles. The molecule has 0 spiro atoms. The van der Waals surface area contributed by atoms with Crippen LogP contribution in [0.1, 0.15) is 15.9 Å². The van der Waals surface area contributed by atoms with Gasteiger partial charge in [0.2, 0.25) is 0 Å². The van der Waals surface area contributed by atoms with Crippen LogP contribution >= 0.6 is 11.6 Å². The summed E-state index contributed by atoms with van der Waals surface area (Å²) < 4.78 is 14.3.